The van der Waals surface area contributed by atoms with Gasteiger partial charge in [-0.3, -0.25) is 4.79 Å². The van der Waals surface area contributed by atoms with Crippen LogP contribution in [0.5, 0.6) is 0 Å². The molecule has 162 valence electrons. The molecule has 0 unspecified atom stereocenters. The Labute approximate surface area is 177 Å². The van der Waals surface area contributed by atoms with E-state index in [1.54, 1.807) is 4.90 Å². The lowest BCUT2D eigenvalue weighted by molar-refractivity contribution is -0.896. The number of nitrogens with one attached hydrogen (secondary N) is 3. The summed E-state index contributed by atoms with van der Waals surface area (Å²) < 4.78 is 0. The van der Waals surface area contributed by atoms with Crippen LogP contribution in [0.3, 0.4) is 0 Å². The van der Waals surface area contributed by atoms with Gasteiger partial charge in [-0.15, -0.1) is 0 Å². The Kier molecular flexibility index (Phi) is 9.22. The van der Waals surface area contributed by atoms with Crippen molar-refractivity contribution in [1.82, 2.24) is 10.3 Å². The predicted octanol–water partition coefficient (Wildman–Crippen LogP) is 4.07. The monoisotopic (exact) mass is 400 g/mol. The van der Waals surface area contributed by atoms with Gasteiger partial charge in [0.05, 0.1) is 19.6 Å². The molecule has 1 amide bonds. The van der Waals surface area contributed by atoms with Gasteiger partial charge in [-0.05, 0) is 63.0 Å². The SMILES string of the molecule is CCc1cccc2c([C@@H](CC(=O)N[C@@H](C)CCC[NH+](CC)CC)C(C)C)c[nH]c12. The summed E-state index contributed by atoms with van der Waals surface area (Å²) in [6.45, 7) is 16.8. The van der Waals surface area contributed by atoms with E-state index in [0.29, 0.717) is 12.3 Å². The molecule has 29 heavy (non-hydrogen) atoms. The first-order valence-electron chi connectivity index (χ1n) is 11.6. The van der Waals surface area contributed by atoms with Crippen molar-refractivity contribution in [2.24, 2.45) is 5.92 Å². The van der Waals surface area contributed by atoms with Gasteiger partial charge in [-0.1, -0.05) is 39.0 Å². The normalized spacial score (nSPS) is 13.9. The molecule has 0 saturated heterocycles. The van der Waals surface area contributed by atoms with Gasteiger partial charge >= 0.3 is 0 Å². The molecule has 2 aromatic rings. The van der Waals surface area contributed by atoms with Gasteiger partial charge in [0.2, 0.25) is 5.91 Å². The number of fused-ring (bicyclic) bond motifs is 1. The molecule has 1 aromatic heterocycles. The fraction of sp³-hybridized carbons (Fsp3) is 0.640. The van der Waals surface area contributed by atoms with E-state index in [4.69, 9.17) is 0 Å². The van der Waals surface area contributed by atoms with Crippen LogP contribution in [-0.2, 0) is 11.2 Å². The number of quaternary nitrogens is 1. The fourth-order valence-electron chi connectivity index (χ4n) is 4.41. The van der Waals surface area contributed by atoms with Crippen molar-refractivity contribution in [3.8, 4) is 0 Å². The van der Waals surface area contributed by atoms with Crippen LogP contribution in [0.4, 0.5) is 0 Å². The van der Waals surface area contributed by atoms with Crippen LogP contribution >= 0.6 is 0 Å². The van der Waals surface area contributed by atoms with E-state index in [9.17, 15) is 4.79 Å². The summed E-state index contributed by atoms with van der Waals surface area (Å²) in [6.07, 6.45) is 5.89. The summed E-state index contributed by atoms with van der Waals surface area (Å²) in [6, 6.07) is 6.74. The predicted molar refractivity (Wildman–Crippen MR) is 124 cm³/mol. The Bertz CT molecular complexity index is 761. The molecule has 1 heterocycles. The highest BCUT2D eigenvalue weighted by Gasteiger charge is 2.23. The molecule has 0 radical (unpaired) electrons. The first-order valence-corrected chi connectivity index (χ1v) is 11.6. The summed E-state index contributed by atoms with van der Waals surface area (Å²) in [5.74, 6) is 0.808. The molecule has 4 heteroatoms. The standard InChI is InChI=1S/C25H41N3O/c1-7-20-13-10-14-21-23(17-26-25(20)21)22(18(4)5)16-24(29)27-19(6)12-11-15-28(8-2)9-3/h10,13-14,17-19,22,26H,7-9,11-12,15-16H2,1-6H3,(H,27,29)/p+1/t19-,22-/m0/s1. The number of benzene rings is 1. The largest absolute Gasteiger partial charge is 0.361 e. The van der Waals surface area contributed by atoms with Crippen molar-refractivity contribution in [1.29, 1.82) is 0 Å². The molecule has 0 aliphatic carbocycles. The number of carbonyl (C=O) groups excluding carboxylic acids is 1. The highest BCUT2D eigenvalue weighted by Crippen LogP contribution is 2.34. The third-order valence-electron chi connectivity index (χ3n) is 6.40. The second-order valence-electron chi connectivity index (χ2n) is 8.81. The number of amides is 1. The summed E-state index contributed by atoms with van der Waals surface area (Å²) in [7, 11) is 0. The zero-order valence-electron chi connectivity index (χ0n) is 19.4. The van der Waals surface area contributed by atoms with E-state index < -0.39 is 0 Å². The first-order chi connectivity index (χ1) is 13.9. The van der Waals surface area contributed by atoms with Crippen molar-refractivity contribution in [2.45, 2.75) is 79.2 Å². The van der Waals surface area contributed by atoms with E-state index in [1.165, 1.54) is 41.7 Å². The first kappa shape index (κ1) is 23.5. The topological polar surface area (TPSA) is 49.3 Å². The van der Waals surface area contributed by atoms with Gasteiger partial charge in [0.15, 0.2) is 0 Å². The molecule has 2 atom stereocenters. The molecule has 0 spiro atoms. The molecular weight excluding hydrogens is 358 g/mol. The lowest BCUT2D eigenvalue weighted by atomic mass is 9.85. The Balaban J connectivity index is 1.99. The number of para-hydroxylation sites is 1. The zero-order valence-corrected chi connectivity index (χ0v) is 19.4. The number of H-pyrrole nitrogens is 1. The van der Waals surface area contributed by atoms with Crippen molar-refractivity contribution in [2.75, 3.05) is 19.6 Å². The molecule has 0 fully saturated rings. The molecule has 0 saturated carbocycles. The minimum absolute atomic E-state index is 0.174. The van der Waals surface area contributed by atoms with Crippen molar-refractivity contribution >= 4 is 16.8 Å². The number of aromatic nitrogens is 1. The maximum atomic E-state index is 12.8. The van der Waals surface area contributed by atoms with E-state index >= 15 is 0 Å². The van der Waals surface area contributed by atoms with Gasteiger partial charge in [-0.2, -0.15) is 0 Å². The van der Waals surface area contributed by atoms with Crippen molar-refractivity contribution < 1.29 is 9.69 Å². The number of aromatic amines is 1. The van der Waals surface area contributed by atoms with Crippen LogP contribution in [0, 0.1) is 5.92 Å². The van der Waals surface area contributed by atoms with Gasteiger partial charge in [0.25, 0.3) is 0 Å². The van der Waals surface area contributed by atoms with Crippen LogP contribution in [0.25, 0.3) is 10.9 Å². The molecule has 4 nitrogen and oxygen atoms in total. The summed E-state index contributed by atoms with van der Waals surface area (Å²) in [5, 5.41) is 4.52. The molecule has 2 rings (SSSR count). The molecular formula is C25H42N3O+. The Morgan fingerprint density at radius 1 is 1.14 bits per heavy atom. The number of hydrogen-bond acceptors (Lipinski definition) is 1. The highest BCUT2D eigenvalue weighted by molar-refractivity contribution is 5.87. The van der Waals surface area contributed by atoms with Crippen molar-refractivity contribution in [3.05, 3.63) is 35.5 Å². The Morgan fingerprint density at radius 2 is 1.86 bits per heavy atom. The average Bonchev–Trinajstić information content (AvgIpc) is 3.13. The van der Waals surface area contributed by atoms with E-state index in [-0.39, 0.29) is 17.9 Å². The third kappa shape index (κ3) is 6.33. The second-order valence-corrected chi connectivity index (χ2v) is 8.81. The summed E-state index contributed by atoms with van der Waals surface area (Å²) in [4.78, 5) is 17.9. The quantitative estimate of drug-likeness (QED) is 0.494. The summed E-state index contributed by atoms with van der Waals surface area (Å²) >= 11 is 0. The number of rotatable bonds is 12. The zero-order chi connectivity index (χ0) is 21.4. The maximum Gasteiger partial charge on any atom is 0.220 e. The minimum atomic E-state index is 0.174. The smallest absolute Gasteiger partial charge is 0.220 e. The van der Waals surface area contributed by atoms with Crippen LogP contribution in [0.2, 0.25) is 0 Å². The molecule has 1 aromatic carbocycles. The number of hydrogen-bond donors (Lipinski definition) is 3. The molecule has 0 aliphatic rings. The van der Waals surface area contributed by atoms with Gasteiger partial charge in [0, 0.05) is 29.6 Å². The van der Waals surface area contributed by atoms with E-state index in [1.807, 2.05) is 0 Å². The van der Waals surface area contributed by atoms with Gasteiger partial charge in [-0.25, -0.2) is 0 Å². The Hall–Kier alpha value is -1.81. The maximum absolute atomic E-state index is 12.8. The Morgan fingerprint density at radius 3 is 2.48 bits per heavy atom. The molecule has 0 aliphatic heterocycles. The fourth-order valence-corrected chi connectivity index (χ4v) is 4.41. The van der Waals surface area contributed by atoms with E-state index in [0.717, 1.165) is 19.3 Å². The van der Waals surface area contributed by atoms with Crippen LogP contribution in [0.1, 0.15) is 77.8 Å². The lowest BCUT2D eigenvalue weighted by Gasteiger charge is -2.22. The third-order valence-corrected chi connectivity index (χ3v) is 6.40. The van der Waals surface area contributed by atoms with Crippen LogP contribution in [-0.4, -0.2) is 36.6 Å². The molecule has 3 N–H and O–H groups in total. The van der Waals surface area contributed by atoms with E-state index in [2.05, 4.69) is 76.2 Å². The van der Waals surface area contributed by atoms with Crippen LogP contribution < -0.4 is 10.2 Å². The van der Waals surface area contributed by atoms with Gasteiger partial charge in [0.1, 0.15) is 0 Å². The van der Waals surface area contributed by atoms with Crippen molar-refractivity contribution in [3.63, 3.8) is 0 Å². The average molecular weight is 401 g/mol. The minimum Gasteiger partial charge on any atom is -0.361 e. The van der Waals surface area contributed by atoms with Crippen LogP contribution in [0.15, 0.2) is 24.4 Å². The second kappa shape index (κ2) is 11.4. The number of aryl methyl sites for hydroxylation is 1. The van der Waals surface area contributed by atoms with Gasteiger partial charge < -0.3 is 15.2 Å². The number of carbonyl (C=O) groups is 1. The highest BCUT2D eigenvalue weighted by atomic mass is 16.1. The summed E-state index contributed by atoms with van der Waals surface area (Å²) in [5.41, 5.74) is 3.84. The lowest BCUT2D eigenvalue weighted by Crippen LogP contribution is -3.11. The molecule has 0 bridgehead atoms.